The van der Waals surface area contributed by atoms with Crippen molar-refractivity contribution in [3.05, 3.63) is 35.9 Å². The number of benzene rings is 1. The van der Waals surface area contributed by atoms with Gasteiger partial charge in [0, 0.05) is 0 Å². The van der Waals surface area contributed by atoms with Gasteiger partial charge in [-0.25, -0.2) is 4.79 Å². The van der Waals surface area contributed by atoms with Gasteiger partial charge in [-0.3, -0.25) is 0 Å². The second-order valence-electron chi connectivity index (χ2n) is 5.29. The molecule has 0 radical (unpaired) electrons. The molecule has 2 atom stereocenters. The lowest BCUT2D eigenvalue weighted by Crippen LogP contribution is -2.40. The van der Waals surface area contributed by atoms with Gasteiger partial charge in [-0.2, -0.15) is 0 Å². The number of aliphatic hydroxyl groups excluding tert-OH is 1. The largest absolute Gasteiger partial charge is 0.444 e. The zero-order chi connectivity index (χ0) is 13.8. The molecule has 0 aliphatic heterocycles. The molecule has 0 saturated carbocycles. The van der Waals surface area contributed by atoms with Crippen molar-refractivity contribution in [3.8, 4) is 0 Å². The summed E-state index contributed by atoms with van der Waals surface area (Å²) in [4.78, 5) is 11.6. The van der Waals surface area contributed by atoms with Gasteiger partial charge in [0.1, 0.15) is 5.60 Å². The maximum atomic E-state index is 11.6. The van der Waals surface area contributed by atoms with Crippen molar-refractivity contribution in [2.45, 2.75) is 45.4 Å². The summed E-state index contributed by atoms with van der Waals surface area (Å²) in [5, 5.41) is 12.7. The maximum absolute atomic E-state index is 11.6. The number of hydrogen-bond donors (Lipinski definition) is 2. The molecule has 1 amide bonds. The summed E-state index contributed by atoms with van der Waals surface area (Å²) in [6.45, 7) is 7.13. The zero-order valence-corrected chi connectivity index (χ0v) is 11.3. The zero-order valence-electron chi connectivity index (χ0n) is 11.3. The van der Waals surface area contributed by atoms with Gasteiger partial charge in [0.2, 0.25) is 0 Å². The van der Waals surface area contributed by atoms with E-state index in [0.29, 0.717) is 0 Å². The van der Waals surface area contributed by atoms with Gasteiger partial charge >= 0.3 is 6.09 Å². The van der Waals surface area contributed by atoms with Crippen LogP contribution in [0.15, 0.2) is 30.3 Å². The highest BCUT2D eigenvalue weighted by Gasteiger charge is 2.22. The lowest BCUT2D eigenvalue weighted by molar-refractivity contribution is 0.0436. The Hall–Kier alpha value is -1.55. The van der Waals surface area contributed by atoms with Crippen LogP contribution in [0.4, 0.5) is 4.79 Å². The van der Waals surface area contributed by atoms with E-state index in [-0.39, 0.29) is 0 Å². The number of ether oxygens (including phenoxy) is 1. The first kappa shape index (κ1) is 14.5. The van der Waals surface area contributed by atoms with Crippen molar-refractivity contribution in [1.29, 1.82) is 0 Å². The summed E-state index contributed by atoms with van der Waals surface area (Å²) < 4.78 is 5.13. The highest BCUT2D eigenvalue weighted by molar-refractivity contribution is 5.68. The molecule has 0 saturated heterocycles. The quantitative estimate of drug-likeness (QED) is 0.868. The van der Waals surface area contributed by atoms with Gasteiger partial charge in [-0.1, -0.05) is 30.3 Å². The molecular formula is C14H21NO3. The molecule has 0 unspecified atom stereocenters. The molecule has 0 bridgehead atoms. The van der Waals surface area contributed by atoms with Crippen LogP contribution in [0.3, 0.4) is 0 Å². The molecule has 2 N–H and O–H groups in total. The Bertz CT molecular complexity index is 384. The fourth-order valence-electron chi connectivity index (χ4n) is 1.51. The molecule has 4 heteroatoms. The fourth-order valence-corrected chi connectivity index (χ4v) is 1.51. The number of aliphatic hydroxyl groups is 1. The van der Waals surface area contributed by atoms with Gasteiger partial charge in [-0.05, 0) is 33.3 Å². The lowest BCUT2D eigenvalue weighted by atomic mass is 10.0. The van der Waals surface area contributed by atoms with E-state index in [9.17, 15) is 9.90 Å². The second-order valence-corrected chi connectivity index (χ2v) is 5.29. The average molecular weight is 251 g/mol. The molecule has 1 aromatic rings. The van der Waals surface area contributed by atoms with Crippen LogP contribution in [0.5, 0.6) is 0 Å². The normalized spacial score (nSPS) is 14.7. The molecule has 0 aliphatic carbocycles. The van der Waals surface area contributed by atoms with Gasteiger partial charge in [0.15, 0.2) is 0 Å². The Morgan fingerprint density at radius 2 is 1.83 bits per heavy atom. The summed E-state index contributed by atoms with van der Waals surface area (Å²) in [7, 11) is 0. The predicted octanol–water partition coefficient (Wildman–Crippen LogP) is 2.63. The Morgan fingerprint density at radius 1 is 1.28 bits per heavy atom. The van der Waals surface area contributed by atoms with E-state index in [0.717, 1.165) is 5.56 Å². The molecule has 0 fully saturated rings. The highest BCUT2D eigenvalue weighted by Crippen LogP contribution is 2.16. The topological polar surface area (TPSA) is 58.6 Å². The van der Waals surface area contributed by atoms with Crippen LogP contribution in [-0.4, -0.2) is 22.8 Å². The lowest BCUT2D eigenvalue weighted by Gasteiger charge is -2.24. The smallest absolute Gasteiger partial charge is 0.407 e. The SMILES string of the molecule is C[C@@H](NC(=O)OC(C)(C)C)[C@@H](O)c1ccccc1. The first-order chi connectivity index (χ1) is 8.29. The Balaban J connectivity index is 2.55. The molecule has 0 aliphatic rings. The van der Waals surface area contributed by atoms with E-state index < -0.39 is 23.8 Å². The molecule has 1 rings (SSSR count). The van der Waals surface area contributed by atoms with Crippen molar-refractivity contribution >= 4 is 6.09 Å². The van der Waals surface area contributed by atoms with Crippen molar-refractivity contribution in [3.63, 3.8) is 0 Å². The van der Waals surface area contributed by atoms with E-state index in [1.165, 1.54) is 0 Å². The standard InChI is InChI=1S/C14H21NO3/c1-10(15-13(17)18-14(2,3)4)12(16)11-8-6-5-7-9-11/h5-10,12,16H,1-4H3,(H,15,17)/t10-,12-/m1/s1. The number of amides is 1. The molecule has 0 heterocycles. The van der Waals surface area contributed by atoms with Crippen LogP contribution in [0.25, 0.3) is 0 Å². The van der Waals surface area contributed by atoms with Crippen LogP contribution in [0.2, 0.25) is 0 Å². The monoisotopic (exact) mass is 251 g/mol. The molecule has 4 nitrogen and oxygen atoms in total. The number of nitrogens with one attached hydrogen (secondary N) is 1. The van der Waals surface area contributed by atoms with E-state index in [2.05, 4.69) is 5.32 Å². The first-order valence-electron chi connectivity index (χ1n) is 6.02. The minimum atomic E-state index is -0.751. The summed E-state index contributed by atoms with van der Waals surface area (Å²) in [6.07, 6.45) is -1.27. The Kier molecular flexibility index (Phi) is 4.73. The summed E-state index contributed by atoms with van der Waals surface area (Å²) in [5.74, 6) is 0. The predicted molar refractivity (Wildman–Crippen MR) is 70.2 cm³/mol. The van der Waals surface area contributed by atoms with Gasteiger partial charge in [-0.15, -0.1) is 0 Å². The van der Waals surface area contributed by atoms with Crippen LogP contribution in [0, 0.1) is 0 Å². The average Bonchev–Trinajstić information content (AvgIpc) is 2.26. The second kappa shape index (κ2) is 5.87. The molecule has 18 heavy (non-hydrogen) atoms. The van der Waals surface area contributed by atoms with E-state index in [1.54, 1.807) is 27.7 Å². The van der Waals surface area contributed by atoms with Gasteiger partial charge < -0.3 is 15.2 Å². The number of carbonyl (C=O) groups excluding carboxylic acids is 1. The van der Waals surface area contributed by atoms with E-state index >= 15 is 0 Å². The van der Waals surface area contributed by atoms with Crippen molar-refractivity contribution in [2.24, 2.45) is 0 Å². The van der Waals surface area contributed by atoms with Crippen molar-refractivity contribution in [2.75, 3.05) is 0 Å². The fraction of sp³-hybridized carbons (Fsp3) is 0.500. The summed E-state index contributed by atoms with van der Waals surface area (Å²) >= 11 is 0. The van der Waals surface area contributed by atoms with Crippen LogP contribution < -0.4 is 5.32 Å². The van der Waals surface area contributed by atoms with Gasteiger partial charge in [0.25, 0.3) is 0 Å². The minimum Gasteiger partial charge on any atom is -0.444 e. The minimum absolute atomic E-state index is 0.415. The summed E-state index contributed by atoms with van der Waals surface area (Å²) in [6, 6.07) is 8.79. The number of hydrogen-bond acceptors (Lipinski definition) is 3. The van der Waals surface area contributed by atoms with Crippen molar-refractivity contribution < 1.29 is 14.6 Å². The number of carbonyl (C=O) groups is 1. The van der Waals surface area contributed by atoms with Crippen LogP contribution >= 0.6 is 0 Å². The third-order valence-electron chi connectivity index (χ3n) is 2.36. The summed E-state index contributed by atoms with van der Waals surface area (Å²) in [5.41, 5.74) is 0.225. The number of alkyl carbamates (subject to hydrolysis) is 1. The van der Waals surface area contributed by atoms with Crippen LogP contribution in [0.1, 0.15) is 39.4 Å². The van der Waals surface area contributed by atoms with E-state index in [4.69, 9.17) is 4.74 Å². The number of rotatable bonds is 3. The third kappa shape index (κ3) is 4.75. The first-order valence-corrected chi connectivity index (χ1v) is 6.02. The van der Waals surface area contributed by atoms with Gasteiger partial charge in [0.05, 0.1) is 12.1 Å². The maximum Gasteiger partial charge on any atom is 0.407 e. The highest BCUT2D eigenvalue weighted by atomic mass is 16.6. The molecule has 100 valence electrons. The Morgan fingerprint density at radius 3 is 2.33 bits per heavy atom. The van der Waals surface area contributed by atoms with E-state index in [1.807, 2.05) is 30.3 Å². The molecular weight excluding hydrogens is 230 g/mol. The Labute approximate surface area is 108 Å². The van der Waals surface area contributed by atoms with Crippen molar-refractivity contribution in [1.82, 2.24) is 5.32 Å². The van der Waals surface area contributed by atoms with Crippen LogP contribution in [-0.2, 0) is 4.74 Å². The molecule has 1 aromatic carbocycles. The molecule has 0 spiro atoms. The molecule has 0 aromatic heterocycles. The third-order valence-corrected chi connectivity index (χ3v) is 2.36.